The molecule has 218 valence electrons. The molecular weight excluding hydrogens is 581 g/mol. The molecule has 10 heteroatoms. The number of nitrogens with one attached hydrogen (secondary N) is 1. The maximum Gasteiger partial charge on any atom is 0.244 e. The Kier molecular flexibility index (Phi) is 10.3. The highest BCUT2D eigenvalue weighted by Gasteiger charge is 2.35. The molecule has 41 heavy (non-hydrogen) atoms. The monoisotopic (exact) mass is 615 g/mol. The molecule has 0 unspecified atom stereocenters. The molecule has 1 N–H and O–H groups in total. The Morgan fingerprint density at radius 3 is 2.27 bits per heavy atom. The van der Waals surface area contributed by atoms with Gasteiger partial charge < -0.3 is 10.2 Å². The van der Waals surface area contributed by atoms with Crippen molar-refractivity contribution in [3.63, 3.8) is 0 Å². The normalized spacial score (nSPS) is 14.4. The third kappa shape index (κ3) is 8.03. The topological polar surface area (TPSA) is 86.8 Å². The smallest absolute Gasteiger partial charge is 0.244 e. The fourth-order valence-electron chi connectivity index (χ4n) is 5.17. The number of carbonyl (C=O) groups excluding carboxylic acids is 2. The van der Waals surface area contributed by atoms with Crippen molar-refractivity contribution in [3.05, 3.63) is 99.5 Å². The molecular formula is C31H35Cl2N3O4S. The lowest BCUT2D eigenvalue weighted by molar-refractivity contribution is -0.140. The van der Waals surface area contributed by atoms with E-state index in [1.165, 1.54) is 11.0 Å². The number of nitrogens with zero attached hydrogens (tertiary/aromatic N) is 2. The van der Waals surface area contributed by atoms with Gasteiger partial charge in [-0.05, 0) is 48.6 Å². The van der Waals surface area contributed by atoms with E-state index in [-0.39, 0.29) is 40.6 Å². The number of amides is 2. The van der Waals surface area contributed by atoms with Crippen LogP contribution in [-0.2, 0) is 32.6 Å². The summed E-state index contributed by atoms with van der Waals surface area (Å²) in [6, 6.07) is 20.9. The minimum Gasteiger partial charge on any atom is -0.352 e. The maximum atomic E-state index is 14.2. The van der Waals surface area contributed by atoms with Gasteiger partial charge >= 0.3 is 0 Å². The van der Waals surface area contributed by atoms with Gasteiger partial charge in [0, 0.05) is 19.0 Å². The number of halogens is 2. The van der Waals surface area contributed by atoms with Crippen LogP contribution in [-0.4, -0.2) is 50.0 Å². The quantitative estimate of drug-likeness (QED) is 0.297. The molecule has 0 radical (unpaired) electrons. The molecule has 3 aromatic carbocycles. The third-order valence-electron chi connectivity index (χ3n) is 7.45. The lowest BCUT2D eigenvalue weighted by Crippen LogP contribution is -2.54. The van der Waals surface area contributed by atoms with Gasteiger partial charge in [0.2, 0.25) is 21.8 Å². The number of hydrogen-bond donors (Lipinski definition) is 1. The van der Waals surface area contributed by atoms with Crippen molar-refractivity contribution < 1.29 is 18.0 Å². The average molecular weight is 617 g/mol. The van der Waals surface area contributed by atoms with Crippen molar-refractivity contribution in [1.82, 2.24) is 10.2 Å². The molecule has 1 aliphatic carbocycles. The molecule has 0 aromatic heterocycles. The first kappa shape index (κ1) is 30.9. The SMILES string of the molecule is Cc1ccccc1CN(C(=O)CN(c1cccc(Cl)c1Cl)S(C)(=O)=O)[C@H](Cc1ccccc1)C(=O)NC1CCCC1. The number of benzene rings is 3. The van der Waals surface area contributed by atoms with Gasteiger partial charge in [0.1, 0.15) is 12.6 Å². The van der Waals surface area contributed by atoms with Crippen LogP contribution in [0.15, 0.2) is 72.8 Å². The molecule has 2 amide bonds. The van der Waals surface area contributed by atoms with E-state index in [1.807, 2.05) is 61.5 Å². The van der Waals surface area contributed by atoms with Gasteiger partial charge in [0.25, 0.3) is 0 Å². The van der Waals surface area contributed by atoms with Gasteiger partial charge in [-0.2, -0.15) is 0 Å². The molecule has 0 saturated heterocycles. The van der Waals surface area contributed by atoms with Crippen LogP contribution in [0.2, 0.25) is 10.0 Å². The van der Waals surface area contributed by atoms with Crippen LogP contribution in [0.3, 0.4) is 0 Å². The van der Waals surface area contributed by atoms with E-state index in [4.69, 9.17) is 23.2 Å². The number of anilines is 1. The van der Waals surface area contributed by atoms with E-state index in [0.29, 0.717) is 0 Å². The molecule has 1 atom stereocenters. The minimum atomic E-state index is -3.95. The van der Waals surface area contributed by atoms with E-state index >= 15 is 0 Å². The Morgan fingerprint density at radius 2 is 1.61 bits per heavy atom. The Balaban J connectivity index is 1.75. The van der Waals surface area contributed by atoms with Crippen molar-refractivity contribution in [1.29, 1.82) is 0 Å². The molecule has 1 saturated carbocycles. The zero-order valence-corrected chi connectivity index (χ0v) is 25.6. The fraction of sp³-hybridized carbons (Fsp3) is 0.355. The molecule has 1 aliphatic rings. The summed E-state index contributed by atoms with van der Waals surface area (Å²) in [7, 11) is -3.95. The molecule has 7 nitrogen and oxygen atoms in total. The number of sulfonamides is 1. The standard InChI is InChI=1S/C31H35Cl2N3O4S/c1-22-11-6-7-14-24(22)20-35(29(37)21-36(41(2,39)40)27-18-10-17-26(32)30(27)33)28(19-23-12-4-3-5-13-23)31(38)34-25-15-8-9-16-25/h3-7,10-14,17-18,25,28H,8-9,15-16,19-21H2,1-2H3,(H,34,38)/t28-/m1/s1. The lowest BCUT2D eigenvalue weighted by Gasteiger charge is -2.34. The summed E-state index contributed by atoms with van der Waals surface area (Å²) in [5.74, 6) is -0.786. The van der Waals surface area contributed by atoms with Gasteiger partial charge in [-0.1, -0.05) is 96.7 Å². The van der Waals surface area contributed by atoms with Crippen molar-refractivity contribution in [2.75, 3.05) is 17.1 Å². The second-order valence-electron chi connectivity index (χ2n) is 10.5. The van der Waals surface area contributed by atoms with Crippen molar-refractivity contribution in [2.24, 2.45) is 0 Å². The zero-order chi connectivity index (χ0) is 29.6. The minimum absolute atomic E-state index is 0.0256. The highest BCUT2D eigenvalue weighted by Crippen LogP contribution is 2.34. The Hall–Kier alpha value is -3.07. The van der Waals surface area contributed by atoms with Gasteiger partial charge in [-0.25, -0.2) is 8.42 Å². The van der Waals surface area contributed by atoms with Crippen LogP contribution >= 0.6 is 23.2 Å². The van der Waals surface area contributed by atoms with E-state index < -0.39 is 28.5 Å². The zero-order valence-electron chi connectivity index (χ0n) is 23.2. The van der Waals surface area contributed by atoms with Crippen LogP contribution < -0.4 is 9.62 Å². The second-order valence-corrected chi connectivity index (χ2v) is 13.2. The molecule has 4 rings (SSSR count). The summed E-state index contributed by atoms with van der Waals surface area (Å²) >= 11 is 12.6. The summed E-state index contributed by atoms with van der Waals surface area (Å²) in [4.78, 5) is 29.6. The predicted molar refractivity (Wildman–Crippen MR) is 165 cm³/mol. The summed E-state index contributed by atoms with van der Waals surface area (Å²) in [6.07, 6.45) is 5.16. The van der Waals surface area contributed by atoms with E-state index in [1.54, 1.807) is 12.1 Å². The van der Waals surface area contributed by atoms with Crippen LogP contribution in [0.5, 0.6) is 0 Å². The van der Waals surface area contributed by atoms with Gasteiger partial charge in [-0.3, -0.25) is 13.9 Å². The van der Waals surface area contributed by atoms with Crippen LogP contribution in [0.25, 0.3) is 0 Å². The average Bonchev–Trinajstić information content (AvgIpc) is 3.45. The molecule has 0 heterocycles. The van der Waals surface area contributed by atoms with Crippen LogP contribution in [0.1, 0.15) is 42.4 Å². The summed E-state index contributed by atoms with van der Waals surface area (Å²) in [6.45, 7) is 1.52. The fourth-order valence-corrected chi connectivity index (χ4v) is 6.47. The number of rotatable bonds is 11. The highest BCUT2D eigenvalue weighted by molar-refractivity contribution is 7.92. The first-order chi connectivity index (χ1) is 19.5. The molecule has 0 spiro atoms. The Labute approximate surface area is 252 Å². The third-order valence-corrected chi connectivity index (χ3v) is 9.39. The Bertz CT molecular complexity index is 1480. The van der Waals surface area contributed by atoms with E-state index in [9.17, 15) is 18.0 Å². The van der Waals surface area contributed by atoms with Crippen LogP contribution in [0.4, 0.5) is 5.69 Å². The summed E-state index contributed by atoms with van der Waals surface area (Å²) in [5, 5.41) is 3.36. The predicted octanol–water partition coefficient (Wildman–Crippen LogP) is 5.77. The van der Waals surface area contributed by atoms with Gasteiger partial charge in [-0.15, -0.1) is 0 Å². The van der Waals surface area contributed by atoms with E-state index in [2.05, 4.69) is 5.32 Å². The maximum absolute atomic E-state index is 14.2. The largest absolute Gasteiger partial charge is 0.352 e. The van der Waals surface area contributed by atoms with Crippen molar-refractivity contribution in [2.45, 2.75) is 57.7 Å². The van der Waals surface area contributed by atoms with E-state index in [0.717, 1.165) is 52.9 Å². The Morgan fingerprint density at radius 1 is 0.951 bits per heavy atom. The molecule has 3 aromatic rings. The van der Waals surface area contributed by atoms with Gasteiger partial charge in [0.15, 0.2) is 0 Å². The number of carbonyl (C=O) groups is 2. The summed E-state index contributed by atoms with van der Waals surface area (Å²) in [5.41, 5.74) is 2.80. The second kappa shape index (κ2) is 13.7. The van der Waals surface area contributed by atoms with Gasteiger partial charge in [0.05, 0.1) is 22.0 Å². The first-order valence-corrected chi connectivity index (χ1v) is 16.2. The first-order valence-electron chi connectivity index (χ1n) is 13.6. The molecule has 1 fully saturated rings. The lowest BCUT2D eigenvalue weighted by atomic mass is 10.0. The highest BCUT2D eigenvalue weighted by atomic mass is 35.5. The number of aryl methyl sites for hydroxylation is 1. The van der Waals surface area contributed by atoms with Crippen LogP contribution in [0, 0.1) is 6.92 Å². The van der Waals surface area contributed by atoms with Crippen molar-refractivity contribution in [3.8, 4) is 0 Å². The molecule has 0 bridgehead atoms. The summed E-state index contributed by atoms with van der Waals surface area (Å²) < 4.78 is 26.9. The molecule has 0 aliphatic heterocycles. The van der Waals surface area contributed by atoms with Crippen molar-refractivity contribution >= 4 is 50.7 Å². The number of hydrogen-bond acceptors (Lipinski definition) is 4.